The largest absolute Gasteiger partial charge is 0.493 e. The van der Waals surface area contributed by atoms with Gasteiger partial charge in [-0.3, -0.25) is 4.79 Å². The molecule has 6 heteroatoms. The molecule has 0 aliphatic rings. The minimum absolute atomic E-state index is 0.0124. The Morgan fingerprint density at radius 2 is 2.07 bits per heavy atom. The molecule has 0 saturated carbocycles. The Hall–Kier alpha value is -2.89. The predicted octanol–water partition coefficient (Wildman–Crippen LogP) is 3.59. The summed E-state index contributed by atoms with van der Waals surface area (Å²) in [4.78, 5) is 21.2. The van der Waals surface area contributed by atoms with Crippen LogP contribution in [0.1, 0.15) is 36.7 Å². The molecule has 1 aromatic carbocycles. The normalized spacial score (nSPS) is 11.0. The van der Waals surface area contributed by atoms with Crippen LogP contribution in [0.15, 0.2) is 36.5 Å². The molecule has 0 spiro atoms. The maximum Gasteiger partial charge on any atom is 0.223 e. The van der Waals surface area contributed by atoms with E-state index in [0.29, 0.717) is 26.0 Å². The van der Waals surface area contributed by atoms with E-state index in [0.717, 1.165) is 41.3 Å². The zero-order valence-corrected chi connectivity index (χ0v) is 16.9. The van der Waals surface area contributed by atoms with Crippen molar-refractivity contribution in [1.29, 1.82) is 0 Å². The lowest BCUT2D eigenvalue weighted by Crippen LogP contribution is -2.27. The SMILES string of the molecule is CCCn1c(CCNC(=O)CCOc2cccc(C)c2C)nc2cccnc21. The number of pyridine rings is 1. The molecule has 3 aromatic rings. The Bertz CT molecular complexity index is 949. The number of nitrogens with zero attached hydrogens (tertiary/aromatic N) is 3. The lowest BCUT2D eigenvalue weighted by Gasteiger charge is -2.11. The van der Waals surface area contributed by atoms with E-state index in [9.17, 15) is 4.79 Å². The summed E-state index contributed by atoms with van der Waals surface area (Å²) < 4.78 is 7.90. The summed E-state index contributed by atoms with van der Waals surface area (Å²) in [5.74, 6) is 1.79. The van der Waals surface area contributed by atoms with Crippen molar-refractivity contribution in [3.8, 4) is 5.75 Å². The van der Waals surface area contributed by atoms with Gasteiger partial charge in [-0.25, -0.2) is 9.97 Å². The van der Waals surface area contributed by atoms with Crippen LogP contribution in [-0.4, -0.2) is 33.6 Å². The number of amides is 1. The highest BCUT2D eigenvalue weighted by Gasteiger charge is 2.11. The number of benzene rings is 1. The topological polar surface area (TPSA) is 69.0 Å². The summed E-state index contributed by atoms with van der Waals surface area (Å²) in [5.41, 5.74) is 4.12. The molecule has 3 rings (SSSR count). The summed E-state index contributed by atoms with van der Waals surface area (Å²) in [6.07, 6.45) is 3.81. The van der Waals surface area contributed by atoms with Gasteiger partial charge in [-0.05, 0) is 49.6 Å². The van der Waals surface area contributed by atoms with Crippen molar-refractivity contribution in [3.63, 3.8) is 0 Å². The van der Waals surface area contributed by atoms with Crippen LogP contribution in [0.5, 0.6) is 5.75 Å². The highest BCUT2D eigenvalue weighted by Crippen LogP contribution is 2.20. The fourth-order valence-electron chi connectivity index (χ4n) is 3.19. The third-order valence-corrected chi connectivity index (χ3v) is 4.84. The van der Waals surface area contributed by atoms with Crippen molar-refractivity contribution in [2.45, 2.75) is 46.6 Å². The molecular formula is C22H28N4O2. The van der Waals surface area contributed by atoms with Gasteiger partial charge in [0.25, 0.3) is 0 Å². The van der Waals surface area contributed by atoms with E-state index < -0.39 is 0 Å². The van der Waals surface area contributed by atoms with Gasteiger partial charge in [0, 0.05) is 25.7 Å². The van der Waals surface area contributed by atoms with E-state index in [4.69, 9.17) is 4.74 Å². The number of aryl methyl sites for hydroxylation is 2. The molecule has 0 saturated heterocycles. The molecule has 2 heterocycles. The van der Waals surface area contributed by atoms with Gasteiger partial charge in [0.15, 0.2) is 5.65 Å². The molecule has 28 heavy (non-hydrogen) atoms. The Morgan fingerprint density at radius 3 is 2.89 bits per heavy atom. The van der Waals surface area contributed by atoms with E-state index in [1.807, 2.05) is 31.2 Å². The number of ether oxygens (including phenoxy) is 1. The number of hydrogen-bond donors (Lipinski definition) is 1. The van der Waals surface area contributed by atoms with Crippen LogP contribution >= 0.6 is 0 Å². The highest BCUT2D eigenvalue weighted by molar-refractivity contribution is 5.76. The second-order valence-electron chi connectivity index (χ2n) is 6.92. The Labute approximate surface area is 166 Å². The van der Waals surface area contributed by atoms with E-state index in [1.165, 1.54) is 5.56 Å². The van der Waals surface area contributed by atoms with Crippen LogP contribution < -0.4 is 10.1 Å². The van der Waals surface area contributed by atoms with E-state index in [1.54, 1.807) is 6.20 Å². The summed E-state index contributed by atoms with van der Waals surface area (Å²) in [6, 6.07) is 9.83. The summed E-state index contributed by atoms with van der Waals surface area (Å²) in [6.45, 7) is 8.01. The molecule has 0 fully saturated rings. The van der Waals surface area contributed by atoms with Crippen LogP contribution in [0.2, 0.25) is 0 Å². The molecule has 1 N–H and O–H groups in total. The Balaban J connectivity index is 1.48. The maximum absolute atomic E-state index is 12.1. The minimum Gasteiger partial charge on any atom is -0.493 e. The molecular weight excluding hydrogens is 352 g/mol. The van der Waals surface area contributed by atoms with Crippen LogP contribution in [0.4, 0.5) is 0 Å². The van der Waals surface area contributed by atoms with E-state index in [-0.39, 0.29) is 5.91 Å². The number of carbonyl (C=O) groups is 1. The fourth-order valence-corrected chi connectivity index (χ4v) is 3.19. The first-order valence-corrected chi connectivity index (χ1v) is 9.86. The predicted molar refractivity (Wildman–Crippen MR) is 111 cm³/mol. The second kappa shape index (κ2) is 9.35. The smallest absolute Gasteiger partial charge is 0.223 e. The lowest BCUT2D eigenvalue weighted by atomic mass is 10.1. The molecule has 6 nitrogen and oxygen atoms in total. The highest BCUT2D eigenvalue weighted by atomic mass is 16.5. The van der Waals surface area contributed by atoms with Crippen molar-refractivity contribution in [3.05, 3.63) is 53.5 Å². The number of rotatable bonds is 9. The maximum atomic E-state index is 12.1. The molecule has 1 amide bonds. The standard InChI is InChI=1S/C22H28N4O2/c1-4-14-26-20(25-18-8-6-12-24-22(18)26)10-13-23-21(27)11-15-28-19-9-5-7-16(2)17(19)3/h5-9,12H,4,10-11,13-15H2,1-3H3,(H,23,27). The average Bonchev–Trinajstić information content (AvgIpc) is 3.03. The molecule has 0 bridgehead atoms. The van der Waals surface area contributed by atoms with Crippen molar-refractivity contribution in [2.75, 3.05) is 13.2 Å². The molecule has 0 atom stereocenters. The van der Waals surface area contributed by atoms with Crippen LogP contribution in [0, 0.1) is 13.8 Å². The molecule has 0 aliphatic heterocycles. The van der Waals surface area contributed by atoms with Crippen molar-refractivity contribution < 1.29 is 9.53 Å². The van der Waals surface area contributed by atoms with Crippen molar-refractivity contribution >= 4 is 17.1 Å². The number of imidazole rings is 1. The van der Waals surface area contributed by atoms with Gasteiger partial charge in [0.2, 0.25) is 5.91 Å². The van der Waals surface area contributed by atoms with Crippen LogP contribution in [0.3, 0.4) is 0 Å². The fraction of sp³-hybridized carbons (Fsp3) is 0.409. The molecule has 148 valence electrons. The quantitative estimate of drug-likeness (QED) is 0.616. The first-order chi connectivity index (χ1) is 13.6. The first kappa shape index (κ1) is 19.9. The zero-order chi connectivity index (χ0) is 19.9. The monoisotopic (exact) mass is 380 g/mol. The molecule has 0 aliphatic carbocycles. The van der Waals surface area contributed by atoms with Crippen LogP contribution in [0.25, 0.3) is 11.2 Å². The summed E-state index contributed by atoms with van der Waals surface area (Å²) in [5, 5.41) is 2.96. The summed E-state index contributed by atoms with van der Waals surface area (Å²) >= 11 is 0. The number of hydrogen-bond acceptors (Lipinski definition) is 4. The van der Waals surface area contributed by atoms with E-state index >= 15 is 0 Å². The molecule has 0 radical (unpaired) electrons. The minimum atomic E-state index is -0.0124. The van der Waals surface area contributed by atoms with Gasteiger partial charge in [-0.1, -0.05) is 19.1 Å². The van der Waals surface area contributed by atoms with Crippen LogP contribution in [-0.2, 0) is 17.8 Å². The Kier molecular flexibility index (Phi) is 6.63. The van der Waals surface area contributed by atoms with Gasteiger partial charge < -0.3 is 14.6 Å². The Morgan fingerprint density at radius 1 is 1.21 bits per heavy atom. The van der Waals surface area contributed by atoms with Gasteiger partial charge in [0.1, 0.15) is 17.1 Å². The first-order valence-electron chi connectivity index (χ1n) is 9.86. The van der Waals surface area contributed by atoms with E-state index in [2.05, 4.69) is 39.8 Å². The number of carbonyl (C=O) groups excluding carboxylic acids is 1. The second-order valence-corrected chi connectivity index (χ2v) is 6.92. The number of aromatic nitrogens is 3. The molecule has 0 unspecified atom stereocenters. The van der Waals surface area contributed by atoms with Gasteiger partial charge in [0.05, 0.1) is 13.0 Å². The molecule has 2 aromatic heterocycles. The lowest BCUT2D eigenvalue weighted by molar-refractivity contribution is -0.121. The van der Waals surface area contributed by atoms with Crippen molar-refractivity contribution in [1.82, 2.24) is 19.9 Å². The third kappa shape index (κ3) is 4.68. The van der Waals surface area contributed by atoms with Crippen molar-refractivity contribution in [2.24, 2.45) is 0 Å². The zero-order valence-electron chi connectivity index (χ0n) is 16.9. The third-order valence-electron chi connectivity index (χ3n) is 4.84. The number of fused-ring (bicyclic) bond motifs is 1. The number of nitrogens with one attached hydrogen (secondary N) is 1. The van der Waals surface area contributed by atoms with Gasteiger partial charge in [-0.2, -0.15) is 0 Å². The van der Waals surface area contributed by atoms with Gasteiger partial charge >= 0.3 is 0 Å². The average molecular weight is 380 g/mol. The summed E-state index contributed by atoms with van der Waals surface area (Å²) in [7, 11) is 0. The van der Waals surface area contributed by atoms with Gasteiger partial charge in [-0.15, -0.1) is 0 Å².